The molecule has 0 saturated carbocycles. The molecule has 0 radical (unpaired) electrons. The molecule has 3 amide bonds. The minimum atomic E-state index is -0.606. The van der Waals surface area contributed by atoms with E-state index in [1.54, 1.807) is 45.0 Å². The molecule has 0 saturated heterocycles. The average Bonchev–Trinajstić information content (AvgIpc) is 2.37. The Kier molecular flexibility index (Phi) is 5.90. The van der Waals surface area contributed by atoms with Crippen LogP contribution < -0.4 is 16.0 Å². The van der Waals surface area contributed by atoms with Crippen molar-refractivity contribution >= 4 is 23.4 Å². The van der Waals surface area contributed by atoms with Gasteiger partial charge in [-0.25, -0.2) is 4.79 Å². The van der Waals surface area contributed by atoms with Crippen molar-refractivity contribution in [3.63, 3.8) is 0 Å². The van der Waals surface area contributed by atoms with Crippen LogP contribution in [0.4, 0.5) is 10.5 Å². The Hall–Kier alpha value is -2.37. The lowest BCUT2D eigenvalue weighted by Gasteiger charge is -2.16. The van der Waals surface area contributed by atoms with Crippen molar-refractivity contribution in [3.8, 4) is 0 Å². The van der Waals surface area contributed by atoms with E-state index >= 15 is 0 Å². The Balaban J connectivity index is 2.62. The van der Waals surface area contributed by atoms with Gasteiger partial charge in [0.05, 0.1) is 0 Å². The predicted octanol–water partition coefficient (Wildman–Crippen LogP) is 1.92. The Bertz CT molecular complexity index is 541. The van der Waals surface area contributed by atoms with Crippen molar-refractivity contribution < 1.29 is 14.4 Å². The Morgan fingerprint density at radius 1 is 1.10 bits per heavy atom. The summed E-state index contributed by atoms with van der Waals surface area (Å²) in [5.41, 5.74) is 1.21. The summed E-state index contributed by atoms with van der Waals surface area (Å²) in [6.45, 7) is 6.72. The van der Waals surface area contributed by atoms with Crippen molar-refractivity contribution in [3.05, 3.63) is 29.8 Å². The van der Waals surface area contributed by atoms with Gasteiger partial charge in [0.25, 0.3) is 0 Å². The minimum Gasteiger partial charge on any atom is -0.374 e. The topological polar surface area (TPSA) is 87.3 Å². The third-order valence-electron chi connectivity index (χ3n) is 2.70. The van der Waals surface area contributed by atoms with Crippen LogP contribution >= 0.6 is 0 Å². The smallest absolute Gasteiger partial charge is 0.321 e. The highest BCUT2D eigenvalue weighted by atomic mass is 16.2. The summed E-state index contributed by atoms with van der Waals surface area (Å²) in [5.74, 6) is -0.492. The summed E-state index contributed by atoms with van der Waals surface area (Å²) in [6, 6.07) is 5.67. The summed E-state index contributed by atoms with van der Waals surface area (Å²) < 4.78 is 0. The van der Waals surface area contributed by atoms with Crippen molar-refractivity contribution in [2.24, 2.45) is 0 Å². The number of imide groups is 1. The standard InChI is InChI=1S/C15H21N3O3/c1-9(2)16-15(21)18-14(20)10(3)17-13-7-5-6-12(8-13)11(4)19/h5-10,17H,1-4H3,(H2,16,18,20,21)/t10-/m0/s1. The third-order valence-corrected chi connectivity index (χ3v) is 2.70. The first kappa shape index (κ1) is 16.7. The molecule has 0 spiro atoms. The Morgan fingerprint density at radius 3 is 2.33 bits per heavy atom. The molecule has 1 aromatic carbocycles. The van der Waals surface area contributed by atoms with Crippen LogP contribution in [0.1, 0.15) is 38.1 Å². The van der Waals surface area contributed by atoms with E-state index in [2.05, 4.69) is 16.0 Å². The Morgan fingerprint density at radius 2 is 1.76 bits per heavy atom. The monoisotopic (exact) mass is 291 g/mol. The number of Topliss-reactive ketones (excluding diaryl/α,β-unsaturated/α-hetero) is 1. The maximum atomic E-state index is 11.9. The molecule has 6 heteroatoms. The van der Waals surface area contributed by atoms with Gasteiger partial charge in [0.15, 0.2) is 5.78 Å². The number of hydrogen-bond donors (Lipinski definition) is 3. The summed E-state index contributed by atoms with van der Waals surface area (Å²) in [7, 11) is 0. The highest BCUT2D eigenvalue weighted by Gasteiger charge is 2.16. The van der Waals surface area contributed by atoms with Crippen molar-refractivity contribution in [1.29, 1.82) is 0 Å². The molecule has 0 heterocycles. The van der Waals surface area contributed by atoms with Crippen molar-refractivity contribution in [2.75, 3.05) is 5.32 Å². The molecule has 1 rings (SSSR count). The van der Waals surface area contributed by atoms with Gasteiger partial charge in [0, 0.05) is 17.3 Å². The summed E-state index contributed by atoms with van der Waals surface area (Å²) in [6.07, 6.45) is 0. The zero-order valence-corrected chi connectivity index (χ0v) is 12.7. The number of ketones is 1. The van der Waals surface area contributed by atoms with Gasteiger partial charge in [-0.05, 0) is 39.8 Å². The Labute approximate surface area is 124 Å². The first-order valence-electron chi connectivity index (χ1n) is 6.78. The van der Waals surface area contributed by atoms with E-state index in [9.17, 15) is 14.4 Å². The second kappa shape index (κ2) is 7.42. The number of anilines is 1. The molecular weight excluding hydrogens is 270 g/mol. The first-order chi connectivity index (χ1) is 9.79. The molecular formula is C15H21N3O3. The predicted molar refractivity (Wildman–Crippen MR) is 81.3 cm³/mol. The molecule has 0 aliphatic rings. The lowest BCUT2D eigenvalue weighted by Crippen LogP contribution is -2.47. The van der Waals surface area contributed by atoms with Gasteiger partial charge >= 0.3 is 6.03 Å². The summed E-state index contributed by atoms with van der Waals surface area (Å²) in [5, 5.41) is 7.77. The quantitative estimate of drug-likeness (QED) is 0.723. The van der Waals surface area contributed by atoms with Gasteiger partial charge in [-0.15, -0.1) is 0 Å². The number of hydrogen-bond acceptors (Lipinski definition) is 4. The van der Waals surface area contributed by atoms with Gasteiger partial charge in [-0.2, -0.15) is 0 Å². The molecule has 1 aromatic rings. The fourth-order valence-corrected chi connectivity index (χ4v) is 1.66. The molecule has 0 aromatic heterocycles. The maximum absolute atomic E-state index is 11.9. The van der Waals surface area contributed by atoms with E-state index in [0.29, 0.717) is 11.3 Å². The van der Waals surface area contributed by atoms with Crippen LogP contribution in [0, 0.1) is 0 Å². The second-order valence-electron chi connectivity index (χ2n) is 5.12. The van der Waals surface area contributed by atoms with E-state index in [4.69, 9.17) is 0 Å². The molecule has 1 atom stereocenters. The van der Waals surface area contributed by atoms with E-state index in [1.807, 2.05) is 0 Å². The molecule has 0 fully saturated rings. The van der Waals surface area contributed by atoms with E-state index < -0.39 is 18.0 Å². The van der Waals surface area contributed by atoms with Crippen LogP contribution in [0.2, 0.25) is 0 Å². The molecule has 21 heavy (non-hydrogen) atoms. The number of nitrogens with one attached hydrogen (secondary N) is 3. The second-order valence-corrected chi connectivity index (χ2v) is 5.12. The van der Waals surface area contributed by atoms with Gasteiger partial charge in [-0.1, -0.05) is 12.1 Å². The van der Waals surface area contributed by atoms with Crippen LogP contribution in [0.3, 0.4) is 0 Å². The van der Waals surface area contributed by atoms with Crippen molar-refractivity contribution in [2.45, 2.75) is 39.8 Å². The van der Waals surface area contributed by atoms with Crippen LogP contribution in [-0.4, -0.2) is 29.8 Å². The fraction of sp³-hybridized carbons (Fsp3) is 0.400. The molecule has 0 unspecified atom stereocenters. The van der Waals surface area contributed by atoms with Crippen LogP contribution in [0.5, 0.6) is 0 Å². The SMILES string of the molecule is CC(=O)c1cccc(N[C@@H](C)C(=O)NC(=O)NC(C)C)c1. The zero-order chi connectivity index (χ0) is 16.0. The van der Waals surface area contributed by atoms with Gasteiger partial charge in [-0.3, -0.25) is 14.9 Å². The fourth-order valence-electron chi connectivity index (χ4n) is 1.66. The first-order valence-corrected chi connectivity index (χ1v) is 6.78. The molecule has 0 aliphatic carbocycles. The lowest BCUT2D eigenvalue weighted by molar-refractivity contribution is -0.120. The molecule has 0 bridgehead atoms. The number of carbonyl (C=O) groups is 3. The number of urea groups is 1. The lowest BCUT2D eigenvalue weighted by atomic mass is 10.1. The molecule has 6 nitrogen and oxygen atoms in total. The van der Waals surface area contributed by atoms with E-state index in [0.717, 1.165) is 0 Å². The zero-order valence-electron chi connectivity index (χ0n) is 12.7. The highest BCUT2D eigenvalue weighted by molar-refractivity contribution is 5.98. The summed E-state index contributed by atoms with van der Waals surface area (Å²) in [4.78, 5) is 34.6. The average molecular weight is 291 g/mol. The molecule has 3 N–H and O–H groups in total. The van der Waals surface area contributed by atoms with Gasteiger partial charge in [0.2, 0.25) is 5.91 Å². The van der Waals surface area contributed by atoms with Crippen LogP contribution in [0.25, 0.3) is 0 Å². The number of rotatable bonds is 5. The van der Waals surface area contributed by atoms with Crippen LogP contribution in [0.15, 0.2) is 24.3 Å². The minimum absolute atomic E-state index is 0.0479. The highest BCUT2D eigenvalue weighted by Crippen LogP contribution is 2.12. The van der Waals surface area contributed by atoms with Gasteiger partial charge < -0.3 is 10.6 Å². The maximum Gasteiger partial charge on any atom is 0.321 e. The van der Waals surface area contributed by atoms with E-state index in [1.165, 1.54) is 6.92 Å². The summed E-state index contributed by atoms with van der Waals surface area (Å²) >= 11 is 0. The number of carbonyl (C=O) groups excluding carboxylic acids is 3. The number of benzene rings is 1. The number of amides is 3. The van der Waals surface area contributed by atoms with Crippen LogP contribution in [-0.2, 0) is 4.79 Å². The third kappa shape index (κ3) is 5.64. The largest absolute Gasteiger partial charge is 0.374 e. The normalized spacial score (nSPS) is 11.7. The molecule has 114 valence electrons. The van der Waals surface area contributed by atoms with E-state index in [-0.39, 0.29) is 11.8 Å². The van der Waals surface area contributed by atoms with Crippen molar-refractivity contribution in [1.82, 2.24) is 10.6 Å². The van der Waals surface area contributed by atoms with Gasteiger partial charge in [0.1, 0.15) is 6.04 Å². The molecule has 0 aliphatic heterocycles.